The monoisotopic (exact) mass is 415 g/mol. The normalized spacial score (nSPS) is 12.0. The lowest BCUT2D eigenvalue weighted by molar-refractivity contribution is 0.0438. The van der Waals surface area contributed by atoms with Gasteiger partial charge in [-0.2, -0.15) is 0 Å². The molecule has 0 spiro atoms. The van der Waals surface area contributed by atoms with Crippen LogP contribution in [-0.4, -0.2) is 30.1 Å². The van der Waals surface area contributed by atoms with Crippen molar-refractivity contribution in [3.8, 4) is 11.5 Å². The number of nitrogens with one attached hydrogen (secondary N) is 1. The number of nitrogens with zero attached hydrogens (tertiary/aromatic N) is 2. The summed E-state index contributed by atoms with van der Waals surface area (Å²) >= 11 is 0. The summed E-state index contributed by atoms with van der Waals surface area (Å²) in [6.45, 7) is 4.97. The fourth-order valence-corrected chi connectivity index (χ4v) is 3.94. The number of rotatable bonds is 6. The maximum atomic E-state index is 12.4. The van der Waals surface area contributed by atoms with E-state index >= 15 is 0 Å². The third-order valence-corrected chi connectivity index (χ3v) is 5.39. The van der Waals surface area contributed by atoms with Crippen LogP contribution in [0, 0.1) is 0 Å². The van der Waals surface area contributed by atoms with Crippen molar-refractivity contribution >= 4 is 16.0 Å². The highest BCUT2D eigenvalue weighted by molar-refractivity contribution is 7.89. The summed E-state index contributed by atoms with van der Waals surface area (Å²) in [7, 11) is -3.77. The minimum Gasteiger partial charge on any atom is -0.452 e. The average Bonchev–Trinajstić information content (AvgIpc) is 3.14. The van der Waals surface area contributed by atoms with Gasteiger partial charge in [-0.3, -0.25) is 0 Å². The molecular weight excluding hydrogens is 394 g/mol. The van der Waals surface area contributed by atoms with E-state index in [9.17, 15) is 13.2 Å². The molecule has 0 aliphatic heterocycles. The van der Waals surface area contributed by atoms with Crippen molar-refractivity contribution in [1.29, 1.82) is 0 Å². The van der Waals surface area contributed by atoms with Gasteiger partial charge in [0.2, 0.25) is 15.9 Å². The van der Waals surface area contributed by atoms with E-state index in [0.29, 0.717) is 5.89 Å². The molecule has 2 aromatic carbocycles. The number of esters is 1. The van der Waals surface area contributed by atoms with Crippen LogP contribution in [0.5, 0.6) is 0 Å². The second kappa shape index (κ2) is 8.14. The van der Waals surface area contributed by atoms with Crippen LogP contribution >= 0.6 is 0 Å². The molecule has 0 saturated carbocycles. The van der Waals surface area contributed by atoms with E-state index in [-0.39, 0.29) is 23.0 Å². The molecule has 29 heavy (non-hydrogen) atoms. The molecule has 0 amide bonds. The molecule has 0 unspecified atom stereocenters. The maximum Gasteiger partial charge on any atom is 0.338 e. The van der Waals surface area contributed by atoms with E-state index in [2.05, 4.69) is 14.9 Å². The van der Waals surface area contributed by atoms with Gasteiger partial charge in [0.1, 0.15) is 0 Å². The Kier molecular flexibility index (Phi) is 5.81. The highest BCUT2D eigenvalue weighted by Crippen LogP contribution is 2.18. The molecule has 1 N–H and O–H groups in total. The molecule has 1 heterocycles. The second-order valence-electron chi connectivity index (χ2n) is 7.33. The molecule has 9 heteroatoms. The smallest absolute Gasteiger partial charge is 0.338 e. The summed E-state index contributed by atoms with van der Waals surface area (Å²) in [5.74, 6) is -0.245. The molecule has 0 atom stereocenters. The first-order chi connectivity index (χ1) is 13.6. The Bertz CT molecular complexity index is 1100. The zero-order valence-electron chi connectivity index (χ0n) is 16.2. The molecule has 0 fully saturated rings. The van der Waals surface area contributed by atoms with Gasteiger partial charge in [-0.25, -0.2) is 17.9 Å². The third-order valence-electron chi connectivity index (χ3n) is 3.63. The van der Waals surface area contributed by atoms with Crippen molar-refractivity contribution in [2.45, 2.75) is 37.8 Å². The fraction of sp³-hybridized carbons (Fsp3) is 0.250. The first kappa shape index (κ1) is 20.7. The van der Waals surface area contributed by atoms with E-state index in [1.807, 2.05) is 30.3 Å². The van der Waals surface area contributed by atoms with Crippen LogP contribution in [0.25, 0.3) is 11.5 Å². The highest BCUT2D eigenvalue weighted by atomic mass is 32.2. The van der Waals surface area contributed by atoms with Gasteiger partial charge in [0.25, 0.3) is 5.89 Å². The molecular formula is C20H21N3O5S. The number of ether oxygens (including phenoxy) is 1. The van der Waals surface area contributed by atoms with Gasteiger partial charge in [0, 0.05) is 11.1 Å². The predicted molar refractivity (Wildman–Crippen MR) is 105 cm³/mol. The maximum absolute atomic E-state index is 12.4. The van der Waals surface area contributed by atoms with Gasteiger partial charge < -0.3 is 9.15 Å². The van der Waals surface area contributed by atoms with Crippen molar-refractivity contribution in [3.63, 3.8) is 0 Å². The minimum absolute atomic E-state index is 0.0222. The molecule has 3 aromatic rings. The van der Waals surface area contributed by atoms with Crippen molar-refractivity contribution < 1.29 is 22.4 Å². The summed E-state index contributed by atoms with van der Waals surface area (Å²) in [5, 5.41) is 7.78. The molecule has 0 bridgehead atoms. The fourth-order valence-electron chi connectivity index (χ4n) is 2.47. The van der Waals surface area contributed by atoms with E-state index < -0.39 is 21.5 Å². The van der Waals surface area contributed by atoms with Crippen LogP contribution in [0.4, 0.5) is 0 Å². The zero-order valence-corrected chi connectivity index (χ0v) is 17.1. The molecule has 0 saturated heterocycles. The van der Waals surface area contributed by atoms with Crippen LogP contribution in [0.2, 0.25) is 0 Å². The van der Waals surface area contributed by atoms with Crippen molar-refractivity contribution in [2.24, 2.45) is 0 Å². The lowest BCUT2D eigenvalue weighted by Crippen LogP contribution is -2.40. The van der Waals surface area contributed by atoms with Gasteiger partial charge in [-0.1, -0.05) is 24.3 Å². The van der Waals surface area contributed by atoms with Crippen LogP contribution < -0.4 is 4.72 Å². The first-order valence-electron chi connectivity index (χ1n) is 8.83. The first-order valence-corrected chi connectivity index (χ1v) is 10.3. The number of carbonyl (C=O) groups is 1. The van der Waals surface area contributed by atoms with Crippen LogP contribution in [-0.2, 0) is 21.4 Å². The number of hydrogen-bond donors (Lipinski definition) is 1. The average molecular weight is 415 g/mol. The van der Waals surface area contributed by atoms with Crippen molar-refractivity contribution in [1.82, 2.24) is 14.9 Å². The third kappa shape index (κ3) is 5.49. The number of hydrogen-bond acceptors (Lipinski definition) is 7. The summed E-state index contributed by atoms with van der Waals surface area (Å²) < 4.78 is 38.1. The molecule has 0 aliphatic carbocycles. The standard InChI is InChI=1S/C20H21N3O5S/c1-20(2,3)23-29(25,26)16-11-7-10-15(12-16)19(24)27-13-17-21-22-18(28-17)14-8-5-4-6-9-14/h4-12,23H,13H2,1-3H3. The molecule has 0 aliphatic rings. The zero-order chi connectivity index (χ0) is 21.1. The summed E-state index contributed by atoms with van der Waals surface area (Å²) in [5.41, 5.74) is 0.204. The van der Waals surface area contributed by atoms with E-state index in [1.165, 1.54) is 24.3 Å². The minimum atomic E-state index is -3.77. The van der Waals surface area contributed by atoms with Crippen LogP contribution in [0.15, 0.2) is 63.9 Å². The Balaban J connectivity index is 1.68. The van der Waals surface area contributed by atoms with Crippen molar-refractivity contribution in [2.75, 3.05) is 0 Å². The van der Waals surface area contributed by atoms with E-state index in [4.69, 9.17) is 9.15 Å². The summed E-state index contributed by atoms with van der Waals surface area (Å²) in [6.07, 6.45) is 0. The van der Waals surface area contributed by atoms with Crippen LogP contribution in [0.3, 0.4) is 0 Å². The number of benzene rings is 2. The topological polar surface area (TPSA) is 111 Å². The largest absolute Gasteiger partial charge is 0.452 e. The Morgan fingerprint density at radius 3 is 2.48 bits per heavy atom. The van der Waals surface area contributed by atoms with Gasteiger partial charge in [-0.15, -0.1) is 10.2 Å². The Hall–Kier alpha value is -3.04. The summed E-state index contributed by atoms with van der Waals surface area (Å²) in [6, 6.07) is 14.8. The number of carbonyl (C=O) groups excluding carboxylic acids is 1. The molecule has 152 valence electrons. The van der Waals surface area contributed by atoms with Gasteiger partial charge in [-0.05, 0) is 51.1 Å². The summed E-state index contributed by atoms with van der Waals surface area (Å²) in [4.78, 5) is 12.3. The quantitative estimate of drug-likeness (QED) is 0.616. The Labute approximate surface area is 169 Å². The molecule has 0 radical (unpaired) electrons. The number of sulfonamides is 1. The highest BCUT2D eigenvalue weighted by Gasteiger charge is 2.23. The second-order valence-corrected chi connectivity index (χ2v) is 9.01. The van der Waals surface area contributed by atoms with Gasteiger partial charge in [0.05, 0.1) is 10.5 Å². The predicted octanol–water partition coefficient (Wildman–Crippen LogP) is 3.17. The molecule has 3 rings (SSSR count). The van der Waals surface area contributed by atoms with Crippen molar-refractivity contribution in [3.05, 3.63) is 66.1 Å². The Morgan fingerprint density at radius 2 is 1.79 bits per heavy atom. The van der Waals surface area contributed by atoms with Gasteiger partial charge >= 0.3 is 5.97 Å². The molecule has 8 nitrogen and oxygen atoms in total. The molecule has 1 aromatic heterocycles. The van der Waals surface area contributed by atoms with E-state index in [0.717, 1.165) is 5.56 Å². The lowest BCUT2D eigenvalue weighted by Gasteiger charge is -2.20. The Morgan fingerprint density at radius 1 is 1.07 bits per heavy atom. The lowest BCUT2D eigenvalue weighted by atomic mass is 10.1. The number of aromatic nitrogens is 2. The SMILES string of the molecule is CC(C)(C)NS(=O)(=O)c1cccc(C(=O)OCc2nnc(-c3ccccc3)o2)c1. The van der Waals surface area contributed by atoms with E-state index in [1.54, 1.807) is 20.8 Å². The van der Waals surface area contributed by atoms with Crippen LogP contribution in [0.1, 0.15) is 37.0 Å². The van der Waals surface area contributed by atoms with Gasteiger partial charge in [0.15, 0.2) is 6.61 Å².